The average molecular weight is 256 g/mol. The van der Waals surface area contributed by atoms with Gasteiger partial charge in [-0.25, -0.2) is 4.98 Å². The summed E-state index contributed by atoms with van der Waals surface area (Å²) in [6.07, 6.45) is 5.68. The molecule has 2 aromatic heterocycles. The number of thiazole rings is 1. The molecule has 0 aliphatic carbocycles. The number of rotatable bonds is 3. The summed E-state index contributed by atoms with van der Waals surface area (Å²) in [7, 11) is 0. The highest BCUT2D eigenvalue weighted by Crippen LogP contribution is 2.20. The van der Waals surface area contributed by atoms with Gasteiger partial charge in [0.2, 0.25) is 0 Å². The van der Waals surface area contributed by atoms with Crippen LogP contribution in [0.15, 0.2) is 48.4 Å². The summed E-state index contributed by atoms with van der Waals surface area (Å²) < 4.78 is 2.11. The lowest BCUT2D eigenvalue weighted by atomic mass is 10.2. The SMILES string of the molecule is Nc1ccc(-c2nccn2Cc2cncs2)cc1. The normalized spacial score (nSPS) is 10.7. The van der Waals surface area contributed by atoms with Crippen LogP contribution < -0.4 is 5.73 Å². The van der Waals surface area contributed by atoms with Gasteiger partial charge in [0, 0.05) is 34.7 Å². The maximum absolute atomic E-state index is 5.69. The van der Waals surface area contributed by atoms with Crippen molar-refractivity contribution < 1.29 is 0 Å². The maximum atomic E-state index is 5.69. The van der Waals surface area contributed by atoms with E-state index in [0.29, 0.717) is 0 Å². The molecule has 0 aliphatic heterocycles. The molecule has 0 amide bonds. The summed E-state index contributed by atoms with van der Waals surface area (Å²) in [6, 6.07) is 7.75. The monoisotopic (exact) mass is 256 g/mol. The lowest BCUT2D eigenvalue weighted by Crippen LogP contribution is -1.99. The van der Waals surface area contributed by atoms with E-state index in [2.05, 4.69) is 14.5 Å². The number of aromatic nitrogens is 3. The first kappa shape index (κ1) is 11.0. The highest BCUT2D eigenvalue weighted by atomic mass is 32.1. The third kappa shape index (κ3) is 2.12. The van der Waals surface area contributed by atoms with Gasteiger partial charge in [0.05, 0.1) is 12.1 Å². The number of hydrogen-bond donors (Lipinski definition) is 1. The molecule has 0 atom stereocenters. The summed E-state index contributed by atoms with van der Waals surface area (Å²) in [5.74, 6) is 0.948. The molecule has 0 radical (unpaired) electrons. The molecule has 1 aromatic carbocycles. The van der Waals surface area contributed by atoms with Crippen molar-refractivity contribution in [2.75, 3.05) is 5.73 Å². The molecule has 5 heteroatoms. The van der Waals surface area contributed by atoms with Crippen molar-refractivity contribution in [1.29, 1.82) is 0 Å². The van der Waals surface area contributed by atoms with Crippen LogP contribution in [0.3, 0.4) is 0 Å². The number of benzene rings is 1. The van der Waals surface area contributed by atoms with Crippen molar-refractivity contribution in [1.82, 2.24) is 14.5 Å². The minimum absolute atomic E-state index is 0.763. The molecule has 18 heavy (non-hydrogen) atoms. The van der Waals surface area contributed by atoms with Crippen LogP contribution in [0.1, 0.15) is 4.88 Å². The Balaban J connectivity index is 1.94. The summed E-state index contributed by atoms with van der Waals surface area (Å²) >= 11 is 1.65. The van der Waals surface area contributed by atoms with E-state index >= 15 is 0 Å². The number of nitrogens with two attached hydrogens (primary N) is 1. The highest BCUT2D eigenvalue weighted by molar-refractivity contribution is 7.09. The Morgan fingerprint density at radius 3 is 2.78 bits per heavy atom. The molecule has 90 valence electrons. The van der Waals surface area contributed by atoms with Gasteiger partial charge in [-0.2, -0.15) is 0 Å². The molecule has 3 aromatic rings. The molecular weight excluding hydrogens is 244 g/mol. The van der Waals surface area contributed by atoms with E-state index in [0.717, 1.165) is 23.6 Å². The number of hydrogen-bond acceptors (Lipinski definition) is 4. The van der Waals surface area contributed by atoms with E-state index in [1.807, 2.05) is 48.4 Å². The van der Waals surface area contributed by atoms with Crippen molar-refractivity contribution >= 4 is 17.0 Å². The van der Waals surface area contributed by atoms with Gasteiger partial charge in [-0.05, 0) is 24.3 Å². The molecule has 0 bridgehead atoms. The van der Waals surface area contributed by atoms with E-state index in [1.54, 1.807) is 11.3 Å². The van der Waals surface area contributed by atoms with Crippen LogP contribution in [-0.2, 0) is 6.54 Å². The largest absolute Gasteiger partial charge is 0.399 e. The first-order chi connectivity index (χ1) is 8.83. The topological polar surface area (TPSA) is 56.7 Å². The van der Waals surface area contributed by atoms with Crippen molar-refractivity contribution in [2.45, 2.75) is 6.54 Å². The van der Waals surface area contributed by atoms with Gasteiger partial charge in [-0.3, -0.25) is 4.98 Å². The zero-order valence-corrected chi connectivity index (χ0v) is 10.5. The van der Waals surface area contributed by atoms with E-state index < -0.39 is 0 Å². The Labute approximate surface area is 109 Å². The summed E-state index contributed by atoms with van der Waals surface area (Å²) in [5.41, 5.74) is 9.37. The number of anilines is 1. The zero-order valence-electron chi connectivity index (χ0n) is 9.65. The molecule has 0 fully saturated rings. The Morgan fingerprint density at radius 1 is 1.22 bits per heavy atom. The van der Waals surface area contributed by atoms with Gasteiger partial charge in [-0.1, -0.05) is 0 Å². The van der Waals surface area contributed by atoms with E-state index in [4.69, 9.17) is 5.73 Å². The second kappa shape index (κ2) is 4.62. The molecule has 2 N–H and O–H groups in total. The highest BCUT2D eigenvalue weighted by Gasteiger charge is 2.06. The first-order valence-corrected chi connectivity index (χ1v) is 6.45. The van der Waals surface area contributed by atoms with Crippen molar-refractivity contribution in [2.24, 2.45) is 0 Å². The van der Waals surface area contributed by atoms with Crippen molar-refractivity contribution in [3.63, 3.8) is 0 Å². The van der Waals surface area contributed by atoms with Crippen molar-refractivity contribution in [3.8, 4) is 11.4 Å². The fraction of sp³-hybridized carbons (Fsp3) is 0.0769. The zero-order chi connectivity index (χ0) is 12.4. The van der Waals surface area contributed by atoms with E-state index in [1.165, 1.54) is 4.88 Å². The van der Waals surface area contributed by atoms with Crippen LogP contribution in [0.2, 0.25) is 0 Å². The van der Waals surface area contributed by atoms with Crippen LogP contribution in [0.25, 0.3) is 11.4 Å². The third-order valence-corrected chi connectivity index (χ3v) is 3.46. The number of imidazole rings is 1. The molecule has 0 unspecified atom stereocenters. The van der Waals surface area contributed by atoms with Crippen LogP contribution in [0.5, 0.6) is 0 Å². The minimum Gasteiger partial charge on any atom is -0.399 e. The molecule has 3 rings (SSSR count). The molecule has 0 saturated heterocycles. The Hall–Kier alpha value is -2.14. The summed E-state index contributed by atoms with van der Waals surface area (Å²) in [4.78, 5) is 9.70. The third-order valence-electron chi connectivity index (χ3n) is 2.69. The van der Waals surface area contributed by atoms with Gasteiger partial charge in [0.1, 0.15) is 5.82 Å². The second-order valence-corrected chi connectivity index (χ2v) is 4.94. The molecular formula is C13H12N4S. The summed E-state index contributed by atoms with van der Waals surface area (Å²) in [5, 5.41) is 0. The van der Waals surface area contributed by atoms with Gasteiger partial charge >= 0.3 is 0 Å². The van der Waals surface area contributed by atoms with Crippen molar-refractivity contribution in [3.05, 3.63) is 53.2 Å². The molecule has 2 heterocycles. The predicted octanol–water partition coefficient (Wildman–Crippen LogP) is 2.64. The van der Waals surface area contributed by atoms with Crippen LogP contribution in [-0.4, -0.2) is 14.5 Å². The van der Waals surface area contributed by atoms with E-state index in [-0.39, 0.29) is 0 Å². The van der Waals surface area contributed by atoms with E-state index in [9.17, 15) is 0 Å². The lowest BCUT2D eigenvalue weighted by Gasteiger charge is -2.06. The van der Waals surface area contributed by atoms with Gasteiger partial charge in [-0.15, -0.1) is 11.3 Å². The number of nitrogen functional groups attached to an aromatic ring is 1. The fourth-order valence-electron chi connectivity index (χ4n) is 1.82. The molecule has 0 spiro atoms. The minimum atomic E-state index is 0.763. The van der Waals surface area contributed by atoms with Gasteiger partial charge < -0.3 is 10.3 Å². The smallest absolute Gasteiger partial charge is 0.140 e. The fourth-order valence-corrected chi connectivity index (χ4v) is 2.41. The lowest BCUT2D eigenvalue weighted by molar-refractivity contribution is 0.818. The van der Waals surface area contributed by atoms with Gasteiger partial charge in [0.25, 0.3) is 0 Å². The molecule has 0 saturated carbocycles. The van der Waals surface area contributed by atoms with Crippen LogP contribution in [0.4, 0.5) is 5.69 Å². The Bertz CT molecular complexity index is 625. The molecule has 0 aliphatic rings. The maximum Gasteiger partial charge on any atom is 0.140 e. The Kier molecular flexibility index (Phi) is 2.82. The second-order valence-electron chi connectivity index (χ2n) is 3.97. The Morgan fingerprint density at radius 2 is 2.06 bits per heavy atom. The standard InChI is InChI=1S/C13H12N4S/c14-11-3-1-10(2-4-11)13-16-5-6-17(13)8-12-7-15-9-18-12/h1-7,9H,8,14H2. The average Bonchev–Trinajstić information content (AvgIpc) is 3.02. The van der Waals surface area contributed by atoms with Gasteiger partial charge in [0.15, 0.2) is 0 Å². The molecule has 4 nitrogen and oxygen atoms in total. The predicted molar refractivity (Wildman–Crippen MR) is 73.3 cm³/mol. The summed E-state index contributed by atoms with van der Waals surface area (Å²) in [6.45, 7) is 0.796. The first-order valence-electron chi connectivity index (χ1n) is 5.57. The van der Waals surface area contributed by atoms with Crippen LogP contribution >= 0.6 is 11.3 Å². The number of nitrogens with zero attached hydrogens (tertiary/aromatic N) is 3. The quantitative estimate of drug-likeness (QED) is 0.733. The van der Waals surface area contributed by atoms with Crippen LogP contribution in [0, 0.1) is 0 Å².